The molecule has 2 fully saturated rings. The average molecular weight is 519 g/mol. The van der Waals surface area contributed by atoms with Crippen LogP contribution in [0.5, 0.6) is 11.6 Å². The first-order chi connectivity index (χ1) is 18.1. The van der Waals surface area contributed by atoms with Crippen molar-refractivity contribution in [3.63, 3.8) is 0 Å². The van der Waals surface area contributed by atoms with Crippen LogP contribution < -0.4 is 14.8 Å². The molecule has 0 radical (unpaired) electrons. The highest BCUT2D eigenvalue weighted by Gasteiger charge is 2.41. The van der Waals surface area contributed by atoms with Crippen molar-refractivity contribution in [3.05, 3.63) is 65.4 Å². The molecule has 1 aliphatic heterocycles. The molecular formula is C28H31ClN6O2. The number of rotatable bonds is 9. The molecule has 2 aromatic heterocycles. The van der Waals surface area contributed by atoms with E-state index in [4.69, 9.17) is 26.1 Å². The molecule has 3 heterocycles. The predicted octanol–water partition coefficient (Wildman–Crippen LogP) is 4.41. The highest BCUT2D eigenvalue weighted by molar-refractivity contribution is 6.34. The van der Waals surface area contributed by atoms with Crippen molar-refractivity contribution in [2.45, 2.75) is 31.9 Å². The van der Waals surface area contributed by atoms with Crippen molar-refractivity contribution in [2.75, 3.05) is 39.3 Å². The van der Waals surface area contributed by atoms with Crippen LogP contribution in [0.15, 0.2) is 54.9 Å². The van der Waals surface area contributed by atoms with Gasteiger partial charge in [-0.2, -0.15) is 4.98 Å². The van der Waals surface area contributed by atoms with Crippen LogP contribution in [0, 0.1) is 0 Å². The number of aromatic nitrogens is 4. The third kappa shape index (κ3) is 5.28. The Labute approximate surface area is 221 Å². The molecule has 6 rings (SSSR count). The fourth-order valence-electron chi connectivity index (χ4n) is 4.64. The van der Waals surface area contributed by atoms with Crippen LogP contribution in [0.25, 0.3) is 22.6 Å². The van der Waals surface area contributed by atoms with Crippen LogP contribution in [0.4, 0.5) is 0 Å². The Hall–Kier alpha value is -3.20. The van der Waals surface area contributed by atoms with Crippen molar-refractivity contribution >= 4 is 22.8 Å². The molecule has 192 valence electrons. The van der Waals surface area contributed by atoms with Gasteiger partial charge in [-0.1, -0.05) is 48.0 Å². The van der Waals surface area contributed by atoms with Gasteiger partial charge in [0.15, 0.2) is 11.2 Å². The summed E-state index contributed by atoms with van der Waals surface area (Å²) in [6, 6.07) is 16.1. The fourth-order valence-corrected chi connectivity index (χ4v) is 4.90. The molecule has 1 aliphatic carbocycles. The predicted molar refractivity (Wildman–Crippen MR) is 144 cm³/mol. The van der Waals surface area contributed by atoms with E-state index in [0.29, 0.717) is 46.8 Å². The fraction of sp³-hybridized carbons (Fsp3) is 0.393. The van der Waals surface area contributed by atoms with Gasteiger partial charge >= 0.3 is 0 Å². The van der Waals surface area contributed by atoms with E-state index in [0.717, 1.165) is 56.7 Å². The van der Waals surface area contributed by atoms with Crippen molar-refractivity contribution in [1.82, 2.24) is 29.7 Å². The lowest BCUT2D eigenvalue weighted by Crippen LogP contribution is -2.44. The molecule has 1 saturated heterocycles. The van der Waals surface area contributed by atoms with Crippen LogP contribution in [0.2, 0.25) is 5.02 Å². The van der Waals surface area contributed by atoms with E-state index in [-0.39, 0.29) is 5.60 Å². The Morgan fingerprint density at radius 2 is 1.84 bits per heavy atom. The molecule has 2 aliphatic rings. The van der Waals surface area contributed by atoms with Gasteiger partial charge < -0.3 is 19.4 Å². The number of halogens is 1. The summed E-state index contributed by atoms with van der Waals surface area (Å²) in [4.78, 5) is 16.5. The van der Waals surface area contributed by atoms with Crippen LogP contribution in [0.1, 0.15) is 25.3 Å². The summed E-state index contributed by atoms with van der Waals surface area (Å²) in [6.07, 6.45) is 3.57. The van der Waals surface area contributed by atoms with Crippen LogP contribution in [-0.2, 0) is 6.54 Å². The van der Waals surface area contributed by atoms with Crippen molar-refractivity contribution < 1.29 is 9.47 Å². The van der Waals surface area contributed by atoms with Gasteiger partial charge in [0, 0.05) is 38.3 Å². The lowest BCUT2D eigenvalue weighted by Gasteiger charge is -2.27. The molecule has 0 amide bonds. The number of fused-ring (bicyclic) bond motifs is 1. The Morgan fingerprint density at radius 1 is 1.03 bits per heavy atom. The summed E-state index contributed by atoms with van der Waals surface area (Å²) in [5, 5.41) is 3.92. The summed E-state index contributed by atoms with van der Waals surface area (Å²) in [6.45, 7) is 8.22. The average Bonchev–Trinajstić information content (AvgIpc) is 3.54. The molecule has 37 heavy (non-hydrogen) atoms. The van der Waals surface area contributed by atoms with Crippen LogP contribution in [-0.4, -0.2) is 69.4 Å². The van der Waals surface area contributed by atoms with E-state index in [9.17, 15) is 0 Å². The molecule has 1 saturated carbocycles. The second-order valence-corrected chi connectivity index (χ2v) is 10.3. The lowest BCUT2D eigenvalue weighted by atomic mass is 10.2. The van der Waals surface area contributed by atoms with E-state index >= 15 is 0 Å². The Morgan fingerprint density at radius 3 is 2.62 bits per heavy atom. The molecule has 0 atom stereocenters. The minimum absolute atomic E-state index is 0.180. The number of benzene rings is 2. The maximum atomic E-state index is 6.95. The molecule has 0 bridgehead atoms. The SMILES string of the molecule is CC1(Oc2ncnc3c2nc(-c2cccc(OCCN4CCNCC4)c2Cl)n3Cc2ccccc2)CC1. The van der Waals surface area contributed by atoms with E-state index in [1.165, 1.54) is 0 Å². The van der Waals surface area contributed by atoms with Gasteiger partial charge in [0.05, 0.1) is 11.6 Å². The van der Waals surface area contributed by atoms with E-state index in [1.54, 1.807) is 6.33 Å². The molecule has 1 N–H and O–H groups in total. The summed E-state index contributed by atoms with van der Waals surface area (Å²) in [5.41, 5.74) is 3.11. The van der Waals surface area contributed by atoms with Gasteiger partial charge in [0.2, 0.25) is 5.88 Å². The number of nitrogens with one attached hydrogen (secondary N) is 1. The minimum atomic E-state index is -0.180. The standard InChI is InChI=1S/C28H31ClN6O2/c1-28(10-11-28)37-27-24-26(31-19-32-27)35(18-20-6-3-2-4-7-20)25(33-24)21-8-5-9-22(23(21)29)36-17-16-34-14-12-30-13-15-34/h2-9,19,30H,10-18H2,1H3. The van der Waals surface area contributed by atoms with Crippen LogP contribution in [0.3, 0.4) is 0 Å². The van der Waals surface area contributed by atoms with Gasteiger partial charge in [0.1, 0.15) is 30.1 Å². The van der Waals surface area contributed by atoms with Gasteiger partial charge in [-0.15, -0.1) is 0 Å². The van der Waals surface area contributed by atoms with E-state index in [2.05, 4.69) is 43.8 Å². The lowest BCUT2D eigenvalue weighted by molar-refractivity contribution is 0.191. The molecule has 0 unspecified atom stereocenters. The summed E-state index contributed by atoms with van der Waals surface area (Å²) in [7, 11) is 0. The number of hydrogen-bond donors (Lipinski definition) is 1. The van der Waals surface area contributed by atoms with Gasteiger partial charge in [-0.05, 0) is 37.5 Å². The molecule has 2 aromatic carbocycles. The second kappa shape index (κ2) is 10.3. The highest BCUT2D eigenvalue weighted by Crippen LogP contribution is 2.42. The molecule has 8 nitrogen and oxygen atoms in total. The van der Waals surface area contributed by atoms with E-state index < -0.39 is 0 Å². The van der Waals surface area contributed by atoms with Crippen LogP contribution >= 0.6 is 11.6 Å². The maximum Gasteiger partial charge on any atom is 0.245 e. The third-order valence-corrected chi connectivity index (χ3v) is 7.45. The third-order valence-electron chi connectivity index (χ3n) is 7.06. The quantitative estimate of drug-likeness (QED) is 0.351. The Balaban J connectivity index is 1.36. The maximum absolute atomic E-state index is 6.95. The van der Waals surface area contributed by atoms with E-state index in [1.807, 2.05) is 36.4 Å². The first kappa shape index (κ1) is 24.2. The molecule has 4 aromatic rings. The second-order valence-electron chi connectivity index (χ2n) is 9.97. The summed E-state index contributed by atoms with van der Waals surface area (Å²) >= 11 is 6.95. The minimum Gasteiger partial charge on any atom is -0.491 e. The van der Waals surface area contributed by atoms with Gasteiger partial charge in [-0.3, -0.25) is 4.90 Å². The molecule has 9 heteroatoms. The number of ether oxygens (including phenoxy) is 2. The zero-order valence-electron chi connectivity index (χ0n) is 21.0. The van der Waals surface area contributed by atoms with Crippen molar-refractivity contribution in [3.8, 4) is 23.0 Å². The van der Waals surface area contributed by atoms with Crippen molar-refractivity contribution in [2.24, 2.45) is 0 Å². The normalized spacial score (nSPS) is 17.1. The summed E-state index contributed by atoms with van der Waals surface area (Å²) in [5.74, 6) is 1.88. The van der Waals surface area contributed by atoms with Crippen molar-refractivity contribution in [1.29, 1.82) is 0 Å². The number of imidazole rings is 1. The largest absolute Gasteiger partial charge is 0.491 e. The smallest absolute Gasteiger partial charge is 0.245 e. The topological polar surface area (TPSA) is 77.3 Å². The number of nitrogens with zero attached hydrogens (tertiary/aromatic N) is 5. The monoisotopic (exact) mass is 518 g/mol. The van der Waals surface area contributed by atoms with Gasteiger partial charge in [-0.25, -0.2) is 9.97 Å². The molecule has 0 spiro atoms. The number of piperazine rings is 1. The zero-order chi connectivity index (χ0) is 25.2. The first-order valence-electron chi connectivity index (χ1n) is 12.9. The highest BCUT2D eigenvalue weighted by atomic mass is 35.5. The Bertz CT molecular complexity index is 1380. The Kier molecular flexibility index (Phi) is 6.71. The first-order valence-corrected chi connectivity index (χ1v) is 13.3. The zero-order valence-corrected chi connectivity index (χ0v) is 21.7. The summed E-state index contributed by atoms with van der Waals surface area (Å²) < 4.78 is 14.5. The number of hydrogen-bond acceptors (Lipinski definition) is 7. The van der Waals surface area contributed by atoms with Gasteiger partial charge in [0.25, 0.3) is 0 Å². The molecular weight excluding hydrogens is 488 g/mol.